The Morgan fingerprint density at radius 3 is 2.12 bits per heavy atom. The van der Waals surface area contributed by atoms with Gasteiger partial charge in [0, 0.05) is 5.39 Å². The summed E-state index contributed by atoms with van der Waals surface area (Å²) >= 11 is 0. The Morgan fingerprint density at radius 1 is 0.917 bits per heavy atom. The zero-order chi connectivity index (χ0) is 18.0. The molecule has 0 saturated carbocycles. The van der Waals surface area contributed by atoms with Crippen molar-refractivity contribution in [3.05, 3.63) is 41.3 Å². The Bertz CT molecular complexity index is 930. The number of aromatic hydroxyl groups is 2. The van der Waals surface area contributed by atoms with E-state index in [0.717, 1.165) is 18.2 Å². The highest BCUT2D eigenvalue weighted by Crippen LogP contribution is 2.31. The number of carboxylic acids is 3. The minimum atomic E-state index is -1.57. The molecule has 0 unspecified atom stereocenters. The highest BCUT2D eigenvalue weighted by molar-refractivity contribution is 5.99. The van der Waals surface area contributed by atoms with E-state index in [1.54, 1.807) is 0 Å². The number of H-pyrrole nitrogens is 1. The van der Waals surface area contributed by atoms with Gasteiger partial charge in [-0.1, -0.05) is 0 Å². The summed E-state index contributed by atoms with van der Waals surface area (Å²) in [5, 5.41) is 46.7. The van der Waals surface area contributed by atoms with Gasteiger partial charge in [0.05, 0.1) is 17.3 Å². The van der Waals surface area contributed by atoms with Crippen molar-refractivity contribution >= 4 is 28.8 Å². The molecule has 2 heterocycles. The van der Waals surface area contributed by atoms with Crippen molar-refractivity contribution in [2.24, 2.45) is 0 Å². The molecule has 24 heavy (non-hydrogen) atoms. The van der Waals surface area contributed by atoms with Gasteiger partial charge in [0.1, 0.15) is 11.4 Å². The van der Waals surface area contributed by atoms with Crippen LogP contribution in [0.2, 0.25) is 0 Å². The van der Waals surface area contributed by atoms with Crippen molar-refractivity contribution in [1.82, 2.24) is 9.97 Å². The van der Waals surface area contributed by atoms with E-state index in [2.05, 4.69) is 9.97 Å². The lowest BCUT2D eigenvalue weighted by molar-refractivity contribution is 0.0678. The highest BCUT2D eigenvalue weighted by atomic mass is 16.4. The normalized spacial score (nSPS) is 10.2. The number of hydrogen-bond donors (Lipinski definition) is 6. The molecule has 10 nitrogen and oxygen atoms in total. The lowest BCUT2D eigenvalue weighted by Crippen LogP contribution is -2.02. The molecule has 124 valence electrons. The molecule has 0 atom stereocenters. The van der Waals surface area contributed by atoms with Gasteiger partial charge < -0.3 is 30.5 Å². The maximum absolute atomic E-state index is 11.3. The molecular formula is C14H10N2O8. The maximum atomic E-state index is 11.3. The van der Waals surface area contributed by atoms with Crippen LogP contribution in [0.1, 0.15) is 31.3 Å². The molecule has 2 rings (SSSR count). The number of carbonyl (C=O) groups is 3. The number of aromatic nitrogens is 2. The van der Waals surface area contributed by atoms with Crippen molar-refractivity contribution in [3.63, 3.8) is 0 Å². The van der Waals surface area contributed by atoms with E-state index < -0.39 is 40.7 Å². The minimum absolute atomic E-state index is 0.148. The SMILES string of the molecule is O=C(O)c1cc(C(=O)O)ncc(O)c(O)c2cc(C(=O)O)[nH]c2c1. The lowest BCUT2D eigenvalue weighted by atomic mass is 10.2. The smallest absolute Gasteiger partial charge is 0.354 e. The number of nitrogens with one attached hydrogen (secondary N) is 1. The second-order valence-electron chi connectivity index (χ2n) is 4.55. The van der Waals surface area contributed by atoms with Gasteiger partial charge in [0.15, 0.2) is 11.5 Å². The minimum Gasteiger partial charge on any atom is -0.504 e. The molecule has 0 aromatic carbocycles. The second-order valence-corrected chi connectivity index (χ2v) is 4.55. The van der Waals surface area contributed by atoms with Gasteiger partial charge in [-0.05, 0) is 18.2 Å². The molecule has 0 bridgehead atoms. The van der Waals surface area contributed by atoms with E-state index in [1.165, 1.54) is 0 Å². The van der Waals surface area contributed by atoms with Crippen LogP contribution in [0.4, 0.5) is 0 Å². The third kappa shape index (κ3) is 3.16. The number of rotatable bonds is 3. The molecule has 6 N–H and O–H groups in total. The molecule has 0 amide bonds. The molecular weight excluding hydrogens is 324 g/mol. The lowest BCUT2D eigenvalue weighted by Gasteiger charge is -1.97. The Kier molecular flexibility index (Phi) is 4.22. The van der Waals surface area contributed by atoms with Gasteiger partial charge in [-0.2, -0.15) is 0 Å². The molecule has 0 aliphatic carbocycles. The summed E-state index contributed by atoms with van der Waals surface area (Å²) in [4.78, 5) is 39.1. The largest absolute Gasteiger partial charge is 0.504 e. The van der Waals surface area contributed by atoms with Gasteiger partial charge in [-0.15, -0.1) is 0 Å². The van der Waals surface area contributed by atoms with Crippen molar-refractivity contribution in [2.45, 2.75) is 0 Å². The van der Waals surface area contributed by atoms with E-state index in [9.17, 15) is 24.6 Å². The van der Waals surface area contributed by atoms with Crippen molar-refractivity contribution < 1.29 is 39.9 Å². The van der Waals surface area contributed by atoms with Gasteiger partial charge in [0.25, 0.3) is 0 Å². The average Bonchev–Trinajstić information content (AvgIpc) is 2.92. The van der Waals surface area contributed by atoms with Crippen molar-refractivity contribution in [2.75, 3.05) is 0 Å². The number of fused-ring (bicyclic) bond motifs is 1. The van der Waals surface area contributed by atoms with Crippen LogP contribution in [0.5, 0.6) is 11.5 Å². The zero-order valence-electron chi connectivity index (χ0n) is 11.7. The zero-order valence-corrected chi connectivity index (χ0v) is 11.7. The van der Waals surface area contributed by atoms with Gasteiger partial charge in [0.2, 0.25) is 0 Å². The first-order chi connectivity index (χ1) is 11.2. The van der Waals surface area contributed by atoms with Crippen LogP contribution in [0, 0.1) is 0 Å². The summed E-state index contributed by atoms with van der Waals surface area (Å²) in [6.45, 7) is 0. The molecule has 2 aromatic rings. The molecule has 0 radical (unpaired) electrons. The fourth-order valence-corrected chi connectivity index (χ4v) is 1.85. The predicted molar refractivity (Wildman–Crippen MR) is 77.9 cm³/mol. The Labute approximate surface area is 132 Å². The molecule has 0 fully saturated rings. The molecule has 0 aliphatic heterocycles. The van der Waals surface area contributed by atoms with Crippen LogP contribution in [-0.4, -0.2) is 53.4 Å². The van der Waals surface area contributed by atoms with E-state index in [1.807, 2.05) is 0 Å². The van der Waals surface area contributed by atoms with E-state index in [4.69, 9.17) is 15.3 Å². The summed E-state index contributed by atoms with van der Waals surface area (Å²) in [5.74, 6) is -6.08. The number of carboxylic acid groups (broad SMARTS) is 3. The first-order valence-corrected chi connectivity index (χ1v) is 6.23. The topological polar surface area (TPSA) is 181 Å². The first kappa shape index (κ1) is 16.5. The Hall–Kier alpha value is -3.82. The van der Waals surface area contributed by atoms with Crippen LogP contribution in [0.15, 0.2) is 24.4 Å². The van der Waals surface area contributed by atoms with Crippen molar-refractivity contribution in [1.29, 1.82) is 0 Å². The number of aromatic amines is 1. The fourth-order valence-electron chi connectivity index (χ4n) is 1.85. The van der Waals surface area contributed by atoms with Crippen molar-refractivity contribution in [3.8, 4) is 11.5 Å². The van der Waals surface area contributed by atoms with Crippen LogP contribution < -0.4 is 0 Å². The van der Waals surface area contributed by atoms with Gasteiger partial charge >= 0.3 is 17.9 Å². The quantitative estimate of drug-likeness (QED) is 0.480. The van der Waals surface area contributed by atoms with Crippen LogP contribution in [0.3, 0.4) is 0 Å². The van der Waals surface area contributed by atoms with Gasteiger partial charge in [-0.25, -0.2) is 19.4 Å². The monoisotopic (exact) mass is 334 g/mol. The summed E-state index contributed by atoms with van der Waals surface area (Å²) in [5.41, 5.74) is -1.76. The summed E-state index contributed by atoms with van der Waals surface area (Å²) in [7, 11) is 0. The van der Waals surface area contributed by atoms with E-state index in [0.29, 0.717) is 6.20 Å². The highest BCUT2D eigenvalue weighted by Gasteiger charge is 2.14. The number of nitrogens with zero attached hydrogens (tertiary/aromatic N) is 1. The average molecular weight is 334 g/mol. The van der Waals surface area contributed by atoms with E-state index in [-0.39, 0.29) is 16.6 Å². The Morgan fingerprint density at radius 2 is 1.58 bits per heavy atom. The molecule has 0 spiro atoms. The second kappa shape index (κ2) is 6.12. The standard InChI is InChI=1S/C14H10N2O8/c17-10-4-15-8(13(21)22)2-5(12(19)20)1-7-6(11(10)18)3-9(16-7)14(23)24/h1-4,16-18H,(H,19,20)(H,21,22)(H,23,24). The summed E-state index contributed by atoms with van der Waals surface area (Å²) in [6.07, 6.45) is 0.608. The maximum Gasteiger partial charge on any atom is 0.354 e. The fraction of sp³-hybridized carbons (Fsp3) is 0. The summed E-state index contributed by atoms with van der Waals surface area (Å²) < 4.78 is 0. The van der Waals surface area contributed by atoms with Gasteiger partial charge in [-0.3, -0.25) is 0 Å². The molecule has 10 heteroatoms. The molecule has 0 saturated heterocycles. The third-order valence-electron chi connectivity index (χ3n) is 2.96. The number of aromatic carboxylic acids is 3. The predicted octanol–water partition coefficient (Wildman–Crippen LogP) is 1.19. The molecule has 2 aromatic heterocycles. The Balaban J connectivity index is 3.05. The number of hydrogen-bond acceptors (Lipinski definition) is 6. The van der Waals surface area contributed by atoms with E-state index >= 15 is 0 Å². The van der Waals surface area contributed by atoms with Crippen LogP contribution in [0.25, 0.3) is 10.9 Å². The summed E-state index contributed by atoms with van der Waals surface area (Å²) in [6, 6.07) is 2.62. The first-order valence-electron chi connectivity index (χ1n) is 6.23. The van der Waals surface area contributed by atoms with Crippen LogP contribution >= 0.6 is 0 Å². The molecule has 0 aliphatic rings. The van der Waals surface area contributed by atoms with Crippen LogP contribution in [-0.2, 0) is 0 Å². The third-order valence-corrected chi connectivity index (χ3v) is 2.96.